The molecule has 0 spiro atoms. The van der Waals surface area contributed by atoms with Crippen molar-refractivity contribution in [2.45, 2.75) is 9.79 Å². The fourth-order valence-corrected chi connectivity index (χ4v) is 4.80. The Labute approximate surface area is 174 Å². The number of primary sulfonamides is 1. The molecule has 0 saturated heterocycles. The van der Waals surface area contributed by atoms with Crippen molar-refractivity contribution in [3.05, 3.63) is 71.8 Å². The molecule has 3 aromatic rings. The fourth-order valence-electron chi connectivity index (χ4n) is 2.74. The molecule has 29 heavy (non-hydrogen) atoms. The Morgan fingerprint density at radius 1 is 0.931 bits per heavy atom. The number of benzene rings is 3. The summed E-state index contributed by atoms with van der Waals surface area (Å²) in [6.45, 7) is 0. The van der Waals surface area contributed by atoms with Crippen LogP contribution in [0.5, 0.6) is 5.75 Å². The molecule has 0 amide bonds. The van der Waals surface area contributed by atoms with Gasteiger partial charge in [-0.05, 0) is 48.0 Å². The quantitative estimate of drug-likeness (QED) is 0.594. The van der Waals surface area contributed by atoms with Crippen LogP contribution >= 0.6 is 11.6 Å². The van der Waals surface area contributed by atoms with Crippen LogP contribution in [0.25, 0.3) is 11.1 Å². The lowest BCUT2D eigenvalue weighted by Crippen LogP contribution is -2.18. The molecular weight excluding hydrogens is 436 g/mol. The molecule has 0 atom stereocenters. The third-order valence-electron chi connectivity index (χ3n) is 4.05. The molecule has 0 aromatic heterocycles. The topological polar surface area (TPSA) is 116 Å². The first-order chi connectivity index (χ1) is 13.6. The van der Waals surface area contributed by atoms with E-state index < -0.39 is 20.0 Å². The summed E-state index contributed by atoms with van der Waals surface area (Å²) < 4.78 is 56.8. The molecule has 3 aromatic carbocycles. The summed E-state index contributed by atoms with van der Waals surface area (Å²) in [5.41, 5.74) is 1.04. The van der Waals surface area contributed by atoms with Gasteiger partial charge in [-0.2, -0.15) is 0 Å². The molecule has 0 saturated carbocycles. The lowest BCUT2D eigenvalue weighted by molar-refractivity contribution is 0.416. The molecule has 3 N–H and O–H groups in total. The van der Waals surface area contributed by atoms with Crippen molar-refractivity contribution >= 4 is 37.3 Å². The number of anilines is 1. The largest absolute Gasteiger partial charge is 0.496 e. The molecule has 0 aliphatic carbocycles. The van der Waals surface area contributed by atoms with E-state index in [9.17, 15) is 16.8 Å². The van der Waals surface area contributed by atoms with Gasteiger partial charge in [-0.3, -0.25) is 4.72 Å². The molecule has 0 heterocycles. The van der Waals surface area contributed by atoms with Crippen LogP contribution in [0.2, 0.25) is 5.02 Å². The van der Waals surface area contributed by atoms with Crippen LogP contribution in [-0.2, 0) is 20.0 Å². The first-order valence-corrected chi connectivity index (χ1v) is 11.6. The number of halogens is 1. The van der Waals surface area contributed by atoms with E-state index in [0.717, 1.165) is 0 Å². The number of sulfonamides is 2. The standard InChI is InChI=1S/C19H17ClN2O5S2/c1-27-18-10-9-14(20)12-16(18)13-5-4-6-15(11-13)29(25,26)22-17-7-2-3-8-19(17)28(21,23)24/h2-12,22H,1H3,(H2,21,23,24). The monoisotopic (exact) mass is 452 g/mol. The van der Waals surface area contributed by atoms with Crippen LogP contribution in [0.4, 0.5) is 5.69 Å². The third kappa shape index (κ3) is 4.70. The zero-order valence-electron chi connectivity index (χ0n) is 15.2. The van der Waals surface area contributed by atoms with Crippen molar-refractivity contribution in [3.63, 3.8) is 0 Å². The van der Waals surface area contributed by atoms with Crippen LogP contribution in [0, 0.1) is 0 Å². The minimum atomic E-state index is -4.11. The summed E-state index contributed by atoms with van der Waals surface area (Å²) in [5, 5.41) is 5.64. The predicted octanol–water partition coefficient (Wildman–Crippen LogP) is 3.46. The maximum atomic E-state index is 12.9. The number of nitrogens with one attached hydrogen (secondary N) is 1. The van der Waals surface area contributed by atoms with Crippen LogP contribution in [0.3, 0.4) is 0 Å². The fraction of sp³-hybridized carbons (Fsp3) is 0.0526. The van der Waals surface area contributed by atoms with Gasteiger partial charge in [0.2, 0.25) is 10.0 Å². The Kier molecular flexibility index (Phi) is 5.85. The zero-order chi connectivity index (χ0) is 21.2. The third-order valence-corrected chi connectivity index (χ3v) is 6.62. The van der Waals surface area contributed by atoms with E-state index in [1.807, 2.05) is 0 Å². The smallest absolute Gasteiger partial charge is 0.261 e. The van der Waals surface area contributed by atoms with Crippen LogP contribution in [0.1, 0.15) is 0 Å². The van der Waals surface area contributed by atoms with Gasteiger partial charge in [-0.15, -0.1) is 0 Å². The molecule has 0 radical (unpaired) electrons. The number of para-hydroxylation sites is 1. The molecule has 0 unspecified atom stereocenters. The number of hydrogen-bond acceptors (Lipinski definition) is 5. The number of hydrogen-bond donors (Lipinski definition) is 2. The summed E-state index contributed by atoms with van der Waals surface area (Å²) >= 11 is 6.07. The van der Waals surface area contributed by atoms with Gasteiger partial charge in [-0.25, -0.2) is 22.0 Å². The highest BCUT2D eigenvalue weighted by atomic mass is 35.5. The Bertz CT molecular complexity index is 1280. The van der Waals surface area contributed by atoms with E-state index in [4.69, 9.17) is 21.5 Å². The summed E-state index contributed by atoms with van der Waals surface area (Å²) in [5.74, 6) is 0.525. The predicted molar refractivity (Wildman–Crippen MR) is 112 cm³/mol. The molecule has 152 valence electrons. The minimum Gasteiger partial charge on any atom is -0.496 e. The molecule has 3 rings (SSSR count). The van der Waals surface area contributed by atoms with Gasteiger partial charge in [0, 0.05) is 10.6 Å². The van der Waals surface area contributed by atoms with Crippen molar-refractivity contribution in [2.75, 3.05) is 11.8 Å². The van der Waals surface area contributed by atoms with Gasteiger partial charge in [0.05, 0.1) is 17.7 Å². The highest BCUT2D eigenvalue weighted by Gasteiger charge is 2.21. The van der Waals surface area contributed by atoms with Gasteiger partial charge < -0.3 is 4.74 Å². The van der Waals surface area contributed by atoms with E-state index in [-0.39, 0.29) is 15.5 Å². The molecule has 10 heteroatoms. The van der Waals surface area contributed by atoms with Crippen molar-refractivity contribution in [1.29, 1.82) is 0 Å². The summed E-state index contributed by atoms with van der Waals surface area (Å²) in [4.78, 5) is -0.391. The second kappa shape index (κ2) is 8.03. The first kappa shape index (κ1) is 21.1. The zero-order valence-corrected chi connectivity index (χ0v) is 17.6. The highest BCUT2D eigenvalue weighted by molar-refractivity contribution is 7.93. The van der Waals surface area contributed by atoms with Crippen LogP contribution < -0.4 is 14.6 Å². The molecule has 0 aliphatic heterocycles. The van der Waals surface area contributed by atoms with Crippen molar-refractivity contribution in [1.82, 2.24) is 0 Å². The molecule has 0 bridgehead atoms. The Morgan fingerprint density at radius 2 is 1.66 bits per heavy atom. The summed E-state index contributed by atoms with van der Waals surface area (Å²) in [6, 6.07) is 16.6. The molecule has 0 fully saturated rings. The molecule has 0 aliphatic rings. The normalized spacial score (nSPS) is 11.8. The van der Waals surface area contributed by atoms with Gasteiger partial charge in [0.15, 0.2) is 0 Å². The Balaban J connectivity index is 2.05. The van der Waals surface area contributed by atoms with E-state index in [2.05, 4.69) is 4.72 Å². The lowest BCUT2D eigenvalue weighted by Gasteiger charge is -2.13. The molecule has 7 nitrogen and oxygen atoms in total. The van der Waals surface area contributed by atoms with E-state index in [1.165, 1.54) is 43.5 Å². The van der Waals surface area contributed by atoms with Gasteiger partial charge >= 0.3 is 0 Å². The van der Waals surface area contributed by atoms with Gasteiger partial charge in [-0.1, -0.05) is 35.9 Å². The maximum absolute atomic E-state index is 12.9. The van der Waals surface area contributed by atoms with Crippen molar-refractivity contribution in [3.8, 4) is 16.9 Å². The van der Waals surface area contributed by atoms with Crippen molar-refractivity contribution < 1.29 is 21.6 Å². The minimum absolute atomic E-state index is 0.0683. The van der Waals surface area contributed by atoms with E-state index in [0.29, 0.717) is 21.9 Å². The van der Waals surface area contributed by atoms with Crippen LogP contribution in [0.15, 0.2) is 76.5 Å². The second-order valence-corrected chi connectivity index (χ2v) is 9.67. The SMILES string of the molecule is COc1ccc(Cl)cc1-c1cccc(S(=O)(=O)Nc2ccccc2S(N)(=O)=O)c1. The highest BCUT2D eigenvalue weighted by Crippen LogP contribution is 2.34. The van der Waals surface area contributed by atoms with Gasteiger partial charge in [0.1, 0.15) is 10.6 Å². The molecular formula is C19H17ClN2O5S2. The average molecular weight is 453 g/mol. The van der Waals surface area contributed by atoms with Crippen molar-refractivity contribution in [2.24, 2.45) is 5.14 Å². The van der Waals surface area contributed by atoms with E-state index >= 15 is 0 Å². The first-order valence-electron chi connectivity index (χ1n) is 8.20. The number of rotatable bonds is 6. The number of methoxy groups -OCH3 is 1. The lowest BCUT2D eigenvalue weighted by atomic mass is 10.0. The Morgan fingerprint density at radius 3 is 2.34 bits per heavy atom. The Hall–Kier alpha value is -2.59. The maximum Gasteiger partial charge on any atom is 0.261 e. The second-order valence-electron chi connectivity index (χ2n) is 6.02. The van der Waals surface area contributed by atoms with E-state index in [1.54, 1.807) is 30.3 Å². The average Bonchev–Trinajstić information content (AvgIpc) is 2.67. The summed E-state index contributed by atoms with van der Waals surface area (Å²) in [7, 11) is -6.71. The number of ether oxygens (including phenoxy) is 1. The summed E-state index contributed by atoms with van der Waals surface area (Å²) in [6.07, 6.45) is 0. The van der Waals surface area contributed by atoms with Gasteiger partial charge in [0.25, 0.3) is 10.0 Å². The van der Waals surface area contributed by atoms with Crippen LogP contribution in [-0.4, -0.2) is 23.9 Å². The number of nitrogens with two attached hydrogens (primary N) is 1.